The molecule has 1 aliphatic heterocycles. The van der Waals surface area contributed by atoms with Crippen molar-refractivity contribution in [1.29, 1.82) is 0 Å². The fourth-order valence-corrected chi connectivity index (χ4v) is 4.49. The summed E-state index contributed by atoms with van der Waals surface area (Å²) in [6, 6.07) is 17.4. The topological polar surface area (TPSA) is 49.4 Å². The summed E-state index contributed by atoms with van der Waals surface area (Å²) in [6.07, 6.45) is 2.33. The van der Waals surface area contributed by atoms with Gasteiger partial charge in [-0.05, 0) is 59.7 Å². The zero-order chi connectivity index (χ0) is 19.3. The quantitative estimate of drug-likeness (QED) is 0.711. The lowest BCUT2D eigenvalue weighted by molar-refractivity contribution is -0.122. The Balaban J connectivity index is 1.41. The summed E-state index contributed by atoms with van der Waals surface area (Å²) in [5, 5.41) is 5.90. The number of hydrogen-bond acceptors (Lipinski definition) is 2. The monoisotopic (exact) mass is 390 g/mol. The van der Waals surface area contributed by atoms with E-state index in [4.69, 9.17) is 11.6 Å². The summed E-state index contributed by atoms with van der Waals surface area (Å²) in [5.74, 6) is -0.509. The number of anilines is 2. The summed E-state index contributed by atoms with van der Waals surface area (Å²) < 4.78 is 0. The van der Waals surface area contributed by atoms with Crippen molar-refractivity contribution in [3.63, 3.8) is 0 Å². The molecule has 140 valence electrons. The van der Waals surface area contributed by atoms with E-state index in [-0.39, 0.29) is 24.2 Å². The first kappa shape index (κ1) is 17.3. The van der Waals surface area contributed by atoms with Crippen molar-refractivity contribution in [2.75, 3.05) is 16.8 Å². The second kappa shape index (κ2) is 6.64. The van der Waals surface area contributed by atoms with Crippen LogP contribution in [0.4, 0.5) is 11.4 Å². The van der Waals surface area contributed by atoms with Crippen LogP contribution in [0.1, 0.15) is 17.5 Å². The highest BCUT2D eigenvalue weighted by Gasteiger charge is 2.36. The third kappa shape index (κ3) is 2.85. The normalized spacial score (nSPS) is 18.1. The maximum atomic E-state index is 12.7. The molecule has 0 saturated carbocycles. The summed E-state index contributed by atoms with van der Waals surface area (Å²) in [4.78, 5) is 27.2. The third-order valence-electron chi connectivity index (χ3n) is 5.75. The van der Waals surface area contributed by atoms with Crippen LogP contribution in [0.5, 0.6) is 0 Å². The number of amides is 2. The zero-order valence-corrected chi connectivity index (χ0v) is 16.0. The Morgan fingerprint density at radius 3 is 2.54 bits per heavy atom. The van der Waals surface area contributed by atoms with Gasteiger partial charge in [0, 0.05) is 29.1 Å². The molecule has 1 N–H and O–H groups in total. The van der Waals surface area contributed by atoms with Crippen LogP contribution in [-0.2, 0) is 22.4 Å². The fraction of sp³-hybridized carbons (Fsp3) is 0.217. The van der Waals surface area contributed by atoms with E-state index in [1.54, 1.807) is 29.2 Å². The first-order valence-corrected chi connectivity index (χ1v) is 9.88. The van der Waals surface area contributed by atoms with Crippen LogP contribution in [0, 0.1) is 5.92 Å². The minimum Gasteiger partial charge on any atom is -0.326 e. The molecule has 0 bridgehead atoms. The number of rotatable bonds is 3. The maximum absolute atomic E-state index is 12.7. The van der Waals surface area contributed by atoms with Crippen LogP contribution < -0.4 is 10.2 Å². The van der Waals surface area contributed by atoms with E-state index in [0.29, 0.717) is 17.3 Å². The molecule has 2 amide bonds. The number of aryl methyl sites for hydroxylation is 2. The average Bonchev–Trinajstić information content (AvgIpc) is 3.29. The van der Waals surface area contributed by atoms with E-state index < -0.39 is 0 Å². The second-order valence-corrected chi connectivity index (χ2v) is 7.92. The molecular formula is C23H19ClN2O2. The van der Waals surface area contributed by atoms with Gasteiger partial charge in [-0.3, -0.25) is 9.59 Å². The lowest BCUT2D eigenvalue weighted by Gasteiger charge is -2.20. The van der Waals surface area contributed by atoms with Crippen molar-refractivity contribution in [2.45, 2.75) is 19.3 Å². The molecule has 1 atom stereocenters. The number of hydrogen-bond donors (Lipinski definition) is 1. The Hall–Kier alpha value is -2.85. The van der Waals surface area contributed by atoms with E-state index in [0.717, 1.165) is 23.9 Å². The number of carbonyl (C=O) groups is 2. The van der Waals surface area contributed by atoms with Gasteiger partial charge in [-0.25, -0.2) is 0 Å². The van der Waals surface area contributed by atoms with E-state index in [1.165, 1.54) is 16.5 Å². The van der Waals surface area contributed by atoms with E-state index in [1.807, 2.05) is 6.07 Å². The number of nitrogens with one attached hydrogen (secondary N) is 1. The largest absolute Gasteiger partial charge is 0.326 e. The molecule has 0 spiro atoms. The molecule has 1 saturated heterocycles. The summed E-state index contributed by atoms with van der Waals surface area (Å²) >= 11 is 5.89. The summed E-state index contributed by atoms with van der Waals surface area (Å²) in [6.45, 7) is 0.400. The molecule has 4 nitrogen and oxygen atoms in total. The van der Waals surface area contributed by atoms with Crippen molar-refractivity contribution < 1.29 is 9.59 Å². The number of carbonyl (C=O) groups excluding carboxylic acids is 2. The highest BCUT2D eigenvalue weighted by molar-refractivity contribution is 6.30. The fourth-order valence-electron chi connectivity index (χ4n) is 4.36. The Morgan fingerprint density at radius 2 is 1.75 bits per heavy atom. The van der Waals surface area contributed by atoms with Gasteiger partial charge in [-0.1, -0.05) is 35.9 Å². The molecule has 3 aromatic rings. The van der Waals surface area contributed by atoms with Crippen LogP contribution in [0.15, 0.2) is 54.6 Å². The first-order chi connectivity index (χ1) is 13.6. The van der Waals surface area contributed by atoms with Gasteiger partial charge in [0.2, 0.25) is 11.8 Å². The van der Waals surface area contributed by atoms with Crippen LogP contribution >= 0.6 is 11.6 Å². The molecule has 1 fully saturated rings. The maximum Gasteiger partial charge on any atom is 0.229 e. The average molecular weight is 391 g/mol. The molecule has 2 aliphatic rings. The van der Waals surface area contributed by atoms with Crippen LogP contribution in [0.3, 0.4) is 0 Å². The van der Waals surface area contributed by atoms with Gasteiger partial charge in [0.25, 0.3) is 0 Å². The van der Waals surface area contributed by atoms with Crippen LogP contribution in [0.2, 0.25) is 5.02 Å². The predicted octanol–water partition coefficient (Wildman–Crippen LogP) is 4.58. The van der Waals surface area contributed by atoms with Crippen molar-refractivity contribution in [2.24, 2.45) is 5.92 Å². The van der Waals surface area contributed by atoms with Crippen LogP contribution in [0.25, 0.3) is 10.8 Å². The van der Waals surface area contributed by atoms with Crippen molar-refractivity contribution in [1.82, 2.24) is 0 Å². The van der Waals surface area contributed by atoms with Gasteiger partial charge in [0.05, 0.1) is 11.6 Å². The first-order valence-electron chi connectivity index (χ1n) is 9.50. The Kier molecular flexibility index (Phi) is 4.09. The standard InChI is InChI=1S/C23H19ClN2O2/c24-17-7-9-18(10-8-17)25-23(28)16-12-21(27)26(13-16)20-11-6-15-5-4-14-2-1-3-19(20)22(14)15/h1-3,6-11,16H,4-5,12-13H2,(H,25,28). The Bertz CT molecular complexity index is 1100. The van der Waals surface area contributed by atoms with Crippen LogP contribution in [-0.4, -0.2) is 18.4 Å². The molecule has 0 radical (unpaired) electrons. The molecule has 5 rings (SSSR count). The van der Waals surface area contributed by atoms with E-state index in [2.05, 4.69) is 29.6 Å². The van der Waals surface area contributed by atoms with Gasteiger partial charge >= 0.3 is 0 Å². The van der Waals surface area contributed by atoms with Gasteiger partial charge < -0.3 is 10.2 Å². The molecule has 1 aliphatic carbocycles. The van der Waals surface area contributed by atoms with Crippen molar-refractivity contribution in [3.05, 3.63) is 70.7 Å². The Labute approximate surface area is 168 Å². The minimum atomic E-state index is -0.369. The van der Waals surface area contributed by atoms with Gasteiger partial charge in [0.1, 0.15) is 0 Å². The Morgan fingerprint density at radius 1 is 1.00 bits per heavy atom. The molecular weight excluding hydrogens is 372 g/mol. The highest BCUT2D eigenvalue weighted by Crippen LogP contribution is 2.38. The lowest BCUT2D eigenvalue weighted by Crippen LogP contribution is -2.28. The SMILES string of the molecule is O=C(Nc1ccc(Cl)cc1)C1CC(=O)N(c2ccc3c4c(cccc24)CC3)C1. The third-order valence-corrected chi connectivity index (χ3v) is 6.00. The number of nitrogens with zero attached hydrogens (tertiary/aromatic N) is 1. The van der Waals surface area contributed by atoms with Crippen molar-refractivity contribution in [3.8, 4) is 0 Å². The van der Waals surface area contributed by atoms with E-state index in [9.17, 15) is 9.59 Å². The van der Waals surface area contributed by atoms with Gasteiger partial charge in [-0.2, -0.15) is 0 Å². The zero-order valence-electron chi connectivity index (χ0n) is 15.2. The molecule has 3 aromatic carbocycles. The number of halogens is 1. The van der Waals surface area contributed by atoms with Gasteiger partial charge in [-0.15, -0.1) is 0 Å². The number of benzene rings is 3. The molecule has 0 aromatic heterocycles. The van der Waals surface area contributed by atoms with Gasteiger partial charge in [0.15, 0.2) is 0 Å². The highest BCUT2D eigenvalue weighted by atomic mass is 35.5. The smallest absolute Gasteiger partial charge is 0.229 e. The minimum absolute atomic E-state index is 0.00467. The van der Waals surface area contributed by atoms with E-state index >= 15 is 0 Å². The predicted molar refractivity (Wildman–Crippen MR) is 112 cm³/mol. The molecule has 1 heterocycles. The molecule has 28 heavy (non-hydrogen) atoms. The molecule has 5 heteroatoms. The van der Waals surface area contributed by atoms with Crippen molar-refractivity contribution >= 4 is 45.6 Å². The second-order valence-electron chi connectivity index (χ2n) is 7.49. The lowest BCUT2D eigenvalue weighted by atomic mass is 10.0. The summed E-state index contributed by atoms with van der Waals surface area (Å²) in [5.41, 5.74) is 4.29. The molecule has 1 unspecified atom stereocenters. The summed E-state index contributed by atoms with van der Waals surface area (Å²) in [7, 11) is 0.